The molecule has 9 heteroatoms. The number of rotatable bonds is 13. The van der Waals surface area contributed by atoms with E-state index in [1.165, 1.54) is 6.07 Å². The third-order valence-electron chi connectivity index (χ3n) is 4.73. The lowest BCUT2D eigenvalue weighted by Gasteiger charge is -2.19. The van der Waals surface area contributed by atoms with Gasteiger partial charge in [-0.05, 0) is 54.3 Å². The van der Waals surface area contributed by atoms with E-state index < -0.39 is 27.9 Å². The van der Waals surface area contributed by atoms with Gasteiger partial charge in [0.05, 0.1) is 0 Å². The summed E-state index contributed by atoms with van der Waals surface area (Å²) in [6.07, 6.45) is 3.77. The Morgan fingerprint density at radius 1 is 1.12 bits per heavy atom. The summed E-state index contributed by atoms with van der Waals surface area (Å²) in [4.78, 5) is 25.4. The number of carbonyl (C=O) groups is 2. The molecule has 1 radical (unpaired) electrons. The maximum absolute atomic E-state index is 12.7. The number of hydrogen-bond donors (Lipinski definition) is 3. The monoisotopic (exact) mass is 478 g/mol. The number of hydrogen-bond acceptors (Lipinski definition) is 5. The van der Waals surface area contributed by atoms with Crippen molar-refractivity contribution in [2.75, 3.05) is 6.54 Å². The molecule has 2 aromatic rings. The van der Waals surface area contributed by atoms with Gasteiger partial charge in [-0.25, -0.2) is 13.1 Å². The Labute approximate surface area is 195 Å². The van der Waals surface area contributed by atoms with E-state index in [-0.39, 0.29) is 10.8 Å². The summed E-state index contributed by atoms with van der Waals surface area (Å²) >= 11 is 1.08. The fourth-order valence-corrected chi connectivity index (χ4v) is 4.92. The Balaban J connectivity index is 2.07. The van der Waals surface area contributed by atoms with Gasteiger partial charge in [0.15, 0.2) is 0 Å². The molecule has 0 saturated heterocycles. The Hall–Kier alpha value is -2.23. The molecule has 1 aromatic heterocycles. The zero-order valence-corrected chi connectivity index (χ0v) is 20.4. The van der Waals surface area contributed by atoms with Crippen molar-refractivity contribution in [2.24, 2.45) is 5.92 Å². The molecule has 1 atom stereocenters. The Morgan fingerprint density at radius 3 is 2.44 bits per heavy atom. The normalized spacial score (nSPS) is 12.5. The molecule has 1 aromatic carbocycles. The van der Waals surface area contributed by atoms with Gasteiger partial charge >= 0.3 is 0 Å². The van der Waals surface area contributed by atoms with E-state index in [1.54, 1.807) is 30.1 Å². The molecule has 1 heterocycles. The van der Waals surface area contributed by atoms with Crippen LogP contribution in [0.25, 0.3) is 0 Å². The Kier molecular flexibility index (Phi) is 10.3. The molecular weight excluding hydrogens is 446 g/mol. The van der Waals surface area contributed by atoms with Crippen LogP contribution in [0.1, 0.15) is 56.0 Å². The lowest BCUT2D eigenvalue weighted by atomic mass is 10.1. The SMILES string of the molecule is CCCCc1ccc(C(=O)N[C@@H](CNS(=O)(=O)c2cccs2)C(=O)N[CH]CC(C)C)cc1. The van der Waals surface area contributed by atoms with Crippen molar-refractivity contribution in [3.63, 3.8) is 0 Å². The summed E-state index contributed by atoms with van der Waals surface area (Å²) < 4.78 is 27.5. The highest BCUT2D eigenvalue weighted by atomic mass is 32.2. The first kappa shape index (κ1) is 26.0. The summed E-state index contributed by atoms with van der Waals surface area (Å²) in [5.41, 5.74) is 1.56. The maximum atomic E-state index is 12.7. The maximum Gasteiger partial charge on any atom is 0.251 e. The van der Waals surface area contributed by atoms with E-state index in [2.05, 4.69) is 22.3 Å². The van der Waals surface area contributed by atoms with Crippen molar-refractivity contribution in [3.8, 4) is 0 Å². The van der Waals surface area contributed by atoms with E-state index >= 15 is 0 Å². The average Bonchev–Trinajstić information content (AvgIpc) is 3.31. The van der Waals surface area contributed by atoms with Crippen LogP contribution in [0, 0.1) is 12.5 Å². The number of nitrogens with one attached hydrogen (secondary N) is 3. The lowest BCUT2D eigenvalue weighted by Crippen LogP contribution is -2.52. The number of benzene rings is 1. The van der Waals surface area contributed by atoms with Crippen LogP contribution in [0.3, 0.4) is 0 Å². The predicted molar refractivity (Wildman–Crippen MR) is 128 cm³/mol. The minimum atomic E-state index is -3.77. The van der Waals surface area contributed by atoms with E-state index in [4.69, 9.17) is 0 Å². The van der Waals surface area contributed by atoms with Crippen molar-refractivity contribution in [1.82, 2.24) is 15.4 Å². The van der Waals surface area contributed by atoms with Crippen LogP contribution in [0.15, 0.2) is 46.0 Å². The molecule has 0 bridgehead atoms. The predicted octanol–water partition coefficient (Wildman–Crippen LogP) is 3.49. The molecule has 0 saturated carbocycles. The minimum absolute atomic E-state index is 0.150. The third kappa shape index (κ3) is 8.37. The number of carbonyl (C=O) groups excluding carboxylic acids is 2. The molecule has 2 amide bonds. The van der Waals surface area contributed by atoms with Crippen LogP contribution < -0.4 is 15.4 Å². The molecule has 175 valence electrons. The van der Waals surface area contributed by atoms with Gasteiger partial charge < -0.3 is 10.6 Å². The standard InChI is InChI=1S/C23H32N3O4S2/c1-4-5-7-18-9-11-19(12-10-18)22(27)26-20(23(28)24-14-13-17(2)3)16-25-32(29,30)21-8-6-15-31-21/h6,8-12,14-15,17,20,25H,4-5,7,13,16H2,1-3H3,(H,24,28)(H,26,27)/t20-/m0/s1. The largest absolute Gasteiger partial charge is 0.349 e. The molecule has 3 N–H and O–H groups in total. The van der Waals surface area contributed by atoms with Crippen molar-refractivity contribution >= 4 is 33.2 Å². The molecule has 7 nitrogen and oxygen atoms in total. The first-order valence-electron chi connectivity index (χ1n) is 10.8. The second-order valence-electron chi connectivity index (χ2n) is 7.95. The smallest absolute Gasteiger partial charge is 0.251 e. The zero-order chi connectivity index (χ0) is 23.6. The fraction of sp³-hybridized carbons (Fsp3) is 0.435. The number of unbranched alkanes of at least 4 members (excludes halogenated alkanes) is 1. The van der Waals surface area contributed by atoms with Crippen molar-refractivity contribution < 1.29 is 18.0 Å². The van der Waals surface area contributed by atoms with Crippen LogP contribution in [-0.2, 0) is 21.2 Å². The summed E-state index contributed by atoms with van der Waals surface area (Å²) in [5.74, 6) is -0.564. The van der Waals surface area contributed by atoms with Crippen LogP contribution >= 0.6 is 11.3 Å². The van der Waals surface area contributed by atoms with Crippen molar-refractivity contribution in [3.05, 3.63) is 59.4 Å². The zero-order valence-electron chi connectivity index (χ0n) is 18.8. The molecule has 32 heavy (non-hydrogen) atoms. The van der Waals surface area contributed by atoms with Gasteiger partial charge in [0, 0.05) is 18.7 Å². The van der Waals surface area contributed by atoms with Crippen molar-refractivity contribution in [2.45, 2.75) is 56.7 Å². The van der Waals surface area contributed by atoms with Crippen molar-refractivity contribution in [1.29, 1.82) is 0 Å². The van der Waals surface area contributed by atoms with E-state index in [9.17, 15) is 18.0 Å². The molecule has 0 fully saturated rings. The van der Waals surface area contributed by atoms with Gasteiger partial charge in [-0.2, -0.15) is 0 Å². The molecule has 0 spiro atoms. The number of amides is 2. The van der Waals surface area contributed by atoms with Gasteiger partial charge in [0.2, 0.25) is 15.9 Å². The van der Waals surface area contributed by atoms with Crippen LogP contribution in [-0.4, -0.2) is 32.8 Å². The first-order valence-corrected chi connectivity index (χ1v) is 13.1. The highest BCUT2D eigenvalue weighted by Gasteiger charge is 2.25. The molecule has 2 rings (SSSR count). The molecule has 0 aliphatic rings. The quantitative estimate of drug-likeness (QED) is 0.410. The van der Waals surface area contributed by atoms with Gasteiger partial charge in [0.1, 0.15) is 10.3 Å². The Bertz CT molecular complexity index is 956. The first-order chi connectivity index (χ1) is 15.2. The summed E-state index contributed by atoms with van der Waals surface area (Å²) in [5, 5.41) is 6.98. The number of sulfonamides is 1. The number of aryl methyl sites for hydroxylation is 1. The van der Waals surface area contributed by atoms with E-state index in [0.717, 1.165) is 36.2 Å². The summed E-state index contributed by atoms with van der Waals surface area (Å²) in [6.45, 7) is 7.52. The molecule has 0 aliphatic heterocycles. The Morgan fingerprint density at radius 2 is 1.84 bits per heavy atom. The number of thiophene rings is 1. The molecule has 0 unspecified atom stereocenters. The lowest BCUT2D eigenvalue weighted by molar-refractivity contribution is -0.122. The van der Waals surface area contributed by atoms with Gasteiger partial charge in [-0.3, -0.25) is 9.59 Å². The summed E-state index contributed by atoms with van der Waals surface area (Å²) in [7, 11) is -3.77. The topological polar surface area (TPSA) is 104 Å². The minimum Gasteiger partial charge on any atom is -0.349 e. The molecule has 0 aliphatic carbocycles. The highest BCUT2D eigenvalue weighted by molar-refractivity contribution is 7.91. The summed E-state index contributed by atoms with van der Waals surface area (Å²) in [6, 6.07) is 9.28. The second kappa shape index (κ2) is 12.7. The van der Waals surface area contributed by atoms with Crippen LogP contribution in [0.2, 0.25) is 0 Å². The van der Waals surface area contributed by atoms with Crippen LogP contribution in [0.4, 0.5) is 0 Å². The fourth-order valence-electron chi connectivity index (χ4n) is 2.83. The van der Waals surface area contributed by atoms with Crippen LogP contribution in [0.5, 0.6) is 0 Å². The second-order valence-corrected chi connectivity index (χ2v) is 10.9. The van der Waals surface area contributed by atoms with Gasteiger partial charge in [-0.1, -0.05) is 45.4 Å². The van der Waals surface area contributed by atoms with Gasteiger partial charge in [-0.15, -0.1) is 11.3 Å². The van der Waals surface area contributed by atoms with E-state index in [1.807, 2.05) is 26.0 Å². The van der Waals surface area contributed by atoms with E-state index in [0.29, 0.717) is 17.9 Å². The van der Waals surface area contributed by atoms with Gasteiger partial charge in [0.25, 0.3) is 5.91 Å². The average molecular weight is 479 g/mol. The molecular formula is C23H32N3O4S2. The highest BCUT2D eigenvalue weighted by Crippen LogP contribution is 2.15. The third-order valence-corrected chi connectivity index (χ3v) is 7.55.